The molecule has 0 saturated carbocycles. The van der Waals surface area contributed by atoms with Crippen LogP contribution in [0.2, 0.25) is 52.4 Å². The van der Waals surface area contributed by atoms with Gasteiger partial charge in [-0.2, -0.15) is 0 Å². The maximum atomic E-state index is 6.57. The number of hydrogen-bond donors (Lipinski definition) is 0. The fraction of sp³-hybridized carbons (Fsp3) is 1.00. The Morgan fingerprint density at radius 1 is 0.379 bits per heavy atom. The molecular weight excluding hydrogens is 461 g/mol. The monoisotopic (exact) mass is 504 g/mol. The average molecular weight is 505 g/mol. The second kappa shape index (κ2) is 12.1. The largest absolute Gasteiger partial charge is 0.643 e. The Kier molecular flexibility index (Phi) is 12.4. The van der Waals surface area contributed by atoms with Gasteiger partial charge in [-0.25, -0.2) is 0 Å². The van der Waals surface area contributed by atoms with E-state index in [1.807, 2.05) is 80.1 Å². The van der Waals surface area contributed by atoms with E-state index in [1.54, 1.807) is 0 Å². The van der Waals surface area contributed by atoms with E-state index >= 15 is 0 Å². The van der Waals surface area contributed by atoms with Crippen LogP contribution in [-0.4, -0.2) is 69.7 Å². The van der Waals surface area contributed by atoms with Gasteiger partial charge in [0.2, 0.25) is 0 Å². The summed E-state index contributed by atoms with van der Waals surface area (Å²) in [6, 6.07) is 0. The highest BCUT2D eigenvalue weighted by atomic mass is 28.6. The van der Waals surface area contributed by atoms with Crippen molar-refractivity contribution < 1.29 is 34.2 Å². The molecule has 13 heteroatoms. The van der Waals surface area contributed by atoms with Crippen molar-refractivity contribution in [1.82, 2.24) is 0 Å². The van der Waals surface area contributed by atoms with E-state index in [9.17, 15) is 0 Å². The number of hydrogen-bond acceptors (Lipinski definition) is 8. The second-order valence-electron chi connectivity index (χ2n) is 8.24. The molecule has 0 saturated heterocycles. The van der Waals surface area contributed by atoms with Crippen molar-refractivity contribution >= 4 is 43.3 Å². The highest BCUT2D eigenvalue weighted by Gasteiger charge is 2.60. The minimum absolute atomic E-state index is 0.536. The molecule has 0 bridgehead atoms. The Hall–Kier alpha value is 0.764. The van der Waals surface area contributed by atoms with E-state index in [0.717, 1.165) is 0 Å². The fourth-order valence-electron chi connectivity index (χ4n) is 2.84. The lowest BCUT2D eigenvalue weighted by molar-refractivity contribution is 0.0722. The van der Waals surface area contributed by atoms with E-state index in [2.05, 4.69) is 0 Å². The van der Waals surface area contributed by atoms with Gasteiger partial charge in [0.1, 0.15) is 0 Å². The molecule has 0 aliphatic carbocycles. The lowest BCUT2D eigenvalue weighted by atomic mass is 10.9. The van der Waals surface area contributed by atoms with E-state index in [1.165, 1.54) is 0 Å². The molecule has 0 radical (unpaired) electrons. The van der Waals surface area contributed by atoms with Gasteiger partial charge in [0.15, 0.2) is 0 Å². The topological polar surface area (TPSA) is 73.8 Å². The Morgan fingerprint density at radius 3 is 0.690 bits per heavy atom. The van der Waals surface area contributed by atoms with Crippen molar-refractivity contribution in [2.75, 3.05) is 26.4 Å². The van der Waals surface area contributed by atoms with Gasteiger partial charge in [-0.3, -0.25) is 0 Å². The van der Waals surface area contributed by atoms with Gasteiger partial charge < -0.3 is 34.2 Å². The Labute approximate surface area is 184 Å². The van der Waals surface area contributed by atoms with Crippen molar-refractivity contribution in [3.05, 3.63) is 0 Å². The predicted molar refractivity (Wildman–Crippen MR) is 127 cm³/mol. The van der Waals surface area contributed by atoms with E-state index in [4.69, 9.17) is 34.2 Å². The van der Waals surface area contributed by atoms with Gasteiger partial charge in [-0.1, -0.05) is 0 Å². The van der Waals surface area contributed by atoms with E-state index in [0.29, 0.717) is 26.4 Å². The van der Waals surface area contributed by atoms with Crippen LogP contribution in [0.3, 0.4) is 0 Å². The van der Waals surface area contributed by atoms with Crippen LogP contribution in [0.15, 0.2) is 0 Å². The molecule has 0 heterocycles. The Balaban J connectivity index is 6.27. The van der Waals surface area contributed by atoms with Gasteiger partial charge in [-0.15, -0.1) is 0 Å². The van der Waals surface area contributed by atoms with Crippen molar-refractivity contribution in [3.8, 4) is 0 Å². The highest BCUT2D eigenvalue weighted by Crippen LogP contribution is 2.30. The minimum atomic E-state index is -3.74. The molecule has 0 fully saturated rings. The van der Waals surface area contributed by atoms with Crippen molar-refractivity contribution in [2.24, 2.45) is 0 Å². The predicted octanol–water partition coefficient (Wildman–Crippen LogP) is 4.44. The van der Waals surface area contributed by atoms with Gasteiger partial charge >= 0.3 is 43.3 Å². The van der Waals surface area contributed by atoms with Crippen molar-refractivity contribution in [2.45, 2.75) is 80.1 Å². The normalized spacial score (nSPS) is 14.5. The summed E-state index contributed by atoms with van der Waals surface area (Å²) in [6.45, 7) is 25.7. The summed E-state index contributed by atoms with van der Waals surface area (Å²) in [5, 5.41) is 0. The molecule has 0 aromatic carbocycles. The summed E-state index contributed by atoms with van der Waals surface area (Å²) >= 11 is 0. The maximum Gasteiger partial charge on any atom is 0.643 e. The summed E-state index contributed by atoms with van der Waals surface area (Å²) in [5.41, 5.74) is 0. The second-order valence-corrected chi connectivity index (χ2v) is 24.9. The van der Waals surface area contributed by atoms with Crippen LogP contribution in [0.4, 0.5) is 0 Å². The Morgan fingerprint density at radius 2 is 0.552 bits per heavy atom. The molecule has 0 atom stereocenters. The standard InChI is InChI=1S/C16H44O8Si5/c1-13-17-25(5,6)21-29(22-26(7,8)18-14-2,23-27(9,10)19-15-3)24-28(11,12)20-16-4/h13-16H2,1-12H3. The van der Waals surface area contributed by atoms with E-state index in [-0.39, 0.29) is 0 Å². The number of rotatable bonds is 16. The zero-order valence-corrected chi connectivity index (χ0v) is 25.6. The van der Waals surface area contributed by atoms with Gasteiger partial charge in [-0.05, 0) is 80.1 Å². The third-order valence-electron chi connectivity index (χ3n) is 3.45. The van der Waals surface area contributed by atoms with Crippen LogP contribution in [0, 0.1) is 0 Å². The first-order chi connectivity index (χ1) is 13.1. The summed E-state index contributed by atoms with van der Waals surface area (Å²) in [5.74, 6) is 0. The molecule has 0 amide bonds. The molecule has 0 rings (SSSR count). The highest BCUT2D eigenvalue weighted by molar-refractivity contribution is 6.88. The van der Waals surface area contributed by atoms with E-state index < -0.39 is 43.3 Å². The lowest BCUT2D eigenvalue weighted by Crippen LogP contribution is -2.68. The summed E-state index contributed by atoms with van der Waals surface area (Å²) in [6.07, 6.45) is 0. The molecule has 0 unspecified atom stereocenters. The molecule has 0 aliphatic heterocycles. The zero-order valence-electron chi connectivity index (χ0n) is 20.6. The van der Waals surface area contributed by atoms with Crippen LogP contribution in [0.5, 0.6) is 0 Å². The van der Waals surface area contributed by atoms with Gasteiger partial charge in [0.25, 0.3) is 0 Å². The molecule has 0 spiro atoms. The Bertz CT molecular complexity index is 391. The summed E-state index contributed by atoms with van der Waals surface area (Å²) in [4.78, 5) is 0. The van der Waals surface area contributed by atoms with Crippen LogP contribution in [-0.2, 0) is 34.2 Å². The van der Waals surface area contributed by atoms with Crippen LogP contribution in [0.25, 0.3) is 0 Å². The molecule has 29 heavy (non-hydrogen) atoms. The van der Waals surface area contributed by atoms with Gasteiger partial charge in [0, 0.05) is 26.4 Å². The molecule has 0 N–H and O–H groups in total. The van der Waals surface area contributed by atoms with Crippen LogP contribution >= 0.6 is 0 Å². The quantitative estimate of drug-likeness (QED) is 0.286. The molecule has 8 nitrogen and oxygen atoms in total. The van der Waals surface area contributed by atoms with Crippen molar-refractivity contribution in [3.63, 3.8) is 0 Å². The smallest absolute Gasteiger partial charge is 0.395 e. The molecule has 0 aliphatic rings. The minimum Gasteiger partial charge on any atom is -0.395 e. The molecular formula is C16H44O8Si5. The first-order valence-corrected chi connectivity index (χ1v) is 23.3. The summed E-state index contributed by atoms with van der Waals surface area (Å²) < 4.78 is 50.0. The average Bonchev–Trinajstić information content (AvgIpc) is 2.43. The first-order valence-electron chi connectivity index (χ1n) is 10.4. The fourth-order valence-corrected chi connectivity index (χ4v) is 19.4. The third-order valence-corrected chi connectivity index (χ3v) is 19.3. The van der Waals surface area contributed by atoms with Gasteiger partial charge in [0.05, 0.1) is 0 Å². The maximum absolute atomic E-state index is 6.57. The SMILES string of the molecule is CCO[Si](C)(C)O[Si](O[Si](C)(C)OCC)(O[Si](C)(C)OCC)O[Si](C)(C)OCC. The molecule has 0 aromatic heterocycles. The molecule has 176 valence electrons. The first kappa shape index (κ1) is 29.8. The lowest BCUT2D eigenvalue weighted by Gasteiger charge is -2.44. The van der Waals surface area contributed by atoms with Crippen LogP contribution in [0.1, 0.15) is 27.7 Å². The molecule has 0 aromatic rings. The van der Waals surface area contributed by atoms with Crippen LogP contribution < -0.4 is 0 Å². The zero-order chi connectivity index (χ0) is 23.0. The summed E-state index contributed by atoms with van der Waals surface area (Å²) in [7, 11) is -14.2. The third kappa shape index (κ3) is 12.4. The van der Waals surface area contributed by atoms with Crippen molar-refractivity contribution in [1.29, 1.82) is 0 Å².